The van der Waals surface area contributed by atoms with Gasteiger partial charge in [0, 0.05) is 11.6 Å². The molecule has 0 amide bonds. The summed E-state index contributed by atoms with van der Waals surface area (Å²) in [7, 11) is 0. The zero-order valence-corrected chi connectivity index (χ0v) is 12.0. The van der Waals surface area contributed by atoms with E-state index in [0.29, 0.717) is 11.7 Å². The predicted octanol–water partition coefficient (Wildman–Crippen LogP) is 4.91. The van der Waals surface area contributed by atoms with E-state index < -0.39 is 0 Å². The van der Waals surface area contributed by atoms with Crippen LogP contribution in [0.15, 0.2) is 18.2 Å². The Labute approximate surface area is 112 Å². The molecule has 0 bridgehead atoms. The monoisotopic (exact) mass is 248 g/mol. The van der Waals surface area contributed by atoms with Gasteiger partial charge in [-0.25, -0.2) is 4.98 Å². The lowest BCUT2D eigenvalue weighted by Gasteiger charge is -2.16. The highest BCUT2D eigenvalue weighted by Gasteiger charge is 2.12. The van der Waals surface area contributed by atoms with Crippen LogP contribution in [0.3, 0.4) is 0 Å². The van der Waals surface area contributed by atoms with E-state index in [2.05, 4.69) is 24.9 Å². The Kier molecular flexibility index (Phi) is 7.47. The fourth-order valence-electron chi connectivity index (χ4n) is 2.40. The molecule has 2 nitrogen and oxygen atoms in total. The van der Waals surface area contributed by atoms with Crippen molar-refractivity contribution in [3.05, 3.63) is 23.9 Å². The van der Waals surface area contributed by atoms with E-state index in [1.807, 2.05) is 12.1 Å². The molecule has 0 saturated heterocycles. The summed E-state index contributed by atoms with van der Waals surface area (Å²) in [6.45, 7) is 4.51. The Morgan fingerprint density at radius 2 is 1.72 bits per heavy atom. The van der Waals surface area contributed by atoms with Crippen LogP contribution in [0.2, 0.25) is 0 Å². The van der Waals surface area contributed by atoms with Crippen LogP contribution in [0, 0.1) is 0 Å². The summed E-state index contributed by atoms with van der Waals surface area (Å²) in [6.07, 6.45) is 10.4. The first-order chi connectivity index (χ1) is 8.77. The number of anilines is 1. The second-order valence-electron chi connectivity index (χ2n) is 5.18. The number of hydrogen-bond acceptors (Lipinski definition) is 2. The SMILES string of the molecule is CCCCCCC(CCCC)c1cccc(N)n1. The third-order valence-electron chi connectivity index (χ3n) is 3.52. The van der Waals surface area contributed by atoms with Gasteiger partial charge in [0.25, 0.3) is 0 Å². The molecule has 1 heterocycles. The molecule has 102 valence electrons. The van der Waals surface area contributed by atoms with Gasteiger partial charge in [0.05, 0.1) is 0 Å². The summed E-state index contributed by atoms with van der Waals surface area (Å²) in [5.74, 6) is 1.26. The first-order valence-corrected chi connectivity index (χ1v) is 7.50. The molecule has 0 saturated carbocycles. The minimum atomic E-state index is 0.602. The molecule has 0 fully saturated rings. The summed E-state index contributed by atoms with van der Waals surface area (Å²) in [5, 5.41) is 0. The minimum absolute atomic E-state index is 0.602. The Hall–Kier alpha value is -1.05. The molecule has 0 aliphatic rings. The van der Waals surface area contributed by atoms with Crippen molar-refractivity contribution in [2.75, 3.05) is 5.73 Å². The van der Waals surface area contributed by atoms with Crippen LogP contribution in [0.4, 0.5) is 5.82 Å². The highest BCUT2D eigenvalue weighted by atomic mass is 14.8. The van der Waals surface area contributed by atoms with Crippen molar-refractivity contribution in [2.24, 2.45) is 0 Å². The van der Waals surface area contributed by atoms with Crippen molar-refractivity contribution in [1.82, 2.24) is 4.98 Å². The van der Waals surface area contributed by atoms with Crippen molar-refractivity contribution in [2.45, 2.75) is 71.1 Å². The average Bonchev–Trinajstić information content (AvgIpc) is 2.38. The quantitative estimate of drug-likeness (QED) is 0.631. The molecule has 1 aromatic rings. The molecule has 0 aliphatic heterocycles. The van der Waals surface area contributed by atoms with Gasteiger partial charge < -0.3 is 5.73 Å². The van der Waals surface area contributed by atoms with E-state index in [4.69, 9.17) is 5.73 Å². The molecule has 1 atom stereocenters. The number of pyridine rings is 1. The van der Waals surface area contributed by atoms with Gasteiger partial charge in [0.15, 0.2) is 0 Å². The van der Waals surface area contributed by atoms with Gasteiger partial charge in [-0.1, -0.05) is 58.4 Å². The third-order valence-corrected chi connectivity index (χ3v) is 3.52. The lowest BCUT2D eigenvalue weighted by Crippen LogP contribution is -2.04. The number of nitrogens with two attached hydrogens (primary N) is 1. The Bertz CT molecular complexity index is 323. The molecule has 0 aromatic carbocycles. The number of aromatic nitrogens is 1. The van der Waals surface area contributed by atoms with Crippen LogP contribution in [0.1, 0.15) is 76.8 Å². The maximum Gasteiger partial charge on any atom is 0.123 e. The fraction of sp³-hybridized carbons (Fsp3) is 0.688. The van der Waals surface area contributed by atoms with Gasteiger partial charge in [-0.2, -0.15) is 0 Å². The lowest BCUT2D eigenvalue weighted by molar-refractivity contribution is 0.501. The van der Waals surface area contributed by atoms with E-state index in [9.17, 15) is 0 Å². The Balaban J connectivity index is 2.54. The fourth-order valence-corrected chi connectivity index (χ4v) is 2.40. The number of nitrogens with zero attached hydrogens (tertiary/aromatic N) is 1. The molecule has 0 radical (unpaired) electrons. The number of hydrogen-bond donors (Lipinski definition) is 1. The molecule has 18 heavy (non-hydrogen) atoms. The van der Waals surface area contributed by atoms with Crippen molar-refractivity contribution in [3.8, 4) is 0 Å². The van der Waals surface area contributed by atoms with Crippen LogP contribution >= 0.6 is 0 Å². The van der Waals surface area contributed by atoms with E-state index in [1.165, 1.54) is 57.1 Å². The predicted molar refractivity (Wildman–Crippen MR) is 79.7 cm³/mol. The standard InChI is InChI=1S/C16H28N2/c1-3-5-7-8-11-14(10-6-4-2)15-12-9-13-16(17)18-15/h9,12-14H,3-8,10-11H2,1-2H3,(H2,17,18). The van der Waals surface area contributed by atoms with E-state index in [0.717, 1.165) is 0 Å². The molecule has 0 spiro atoms. The van der Waals surface area contributed by atoms with Crippen LogP contribution in [-0.2, 0) is 0 Å². The second kappa shape index (κ2) is 8.96. The van der Waals surface area contributed by atoms with Gasteiger partial charge in [-0.15, -0.1) is 0 Å². The molecular formula is C16H28N2. The normalized spacial score (nSPS) is 12.6. The summed E-state index contributed by atoms with van der Waals surface area (Å²) < 4.78 is 0. The van der Waals surface area contributed by atoms with Gasteiger partial charge in [0.1, 0.15) is 5.82 Å². The summed E-state index contributed by atoms with van der Waals surface area (Å²) >= 11 is 0. The molecular weight excluding hydrogens is 220 g/mol. The Morgan fingerprint density at radius 1 is 1.00 bits per heavy atom. The molecule has 1 rings (SSSR count). The summed E-state index contributed by atoms with van der Waals surface area (Å²) in [6, 6.07) is 6.04. The zero-order valence-electron chi connectivity index (χ0n) is 12.0. The third kappa shape index (κ3) is 5.52. The first kappa shape index (κ1) is 15.0. The van der Waals surface area contributed by atoms with Gasteiger partial charge in [0.2, 0.25) is 0 Å². The molecule has 2 N–H and O–H groups in total. The van der Waals surface area contributed by atoms with Crippen LogP contribution in [0.5, 0.6) is 0 Å². The number of unbranched alkanes of at least 4 members (excludes halogenated alkanes) is 4. The van der Waals surface area contributed by atoms with Crippen molar-refractivity contribution in [1.29, 1.82) is 0 Å². The highest BCUT2D eigenvalue weighted by Crippen LogP contribution is 2.27. The summed E-state index contributed by atoms with van der Waals surface area (Å²) in [5.41, 5.74) is 6.98. The molecule has 2 heteroatoms. The molecule has 0 aliphatic carbocycles. The number of rotatable bonds is 9. The maximum atomic E-state index is 5.79. The van der Waals surface area contributed by atoms with Gasteiger partial charge in [-0.3, -0.25) is 0 Å². The van der Waals surface area contributed by atoms with E-state index in [1.54, 1.807) is 0 Å². The first-order valence-electron chi connectivity index (χ1n) is 7.50. The van der Waals surface area contributed by atoms with Gasteiger partial charge >= 0.3 is 0 Å². The van der Waals surface area contributed by atoms with Gasteiger partial charge in [-0.05, 0) is 25.0 Å². The maximum absolute atomic E-state index is 5.79. The molecule has 1 unspecified atom stereocenters. The topological polar surface area (TPSA) is 38.9 Å². The zero-order chi connectivity index (χ0) is 13.2. The van der Waals surface area contributed by atoms with Crippen molar-refractivity contribution >= 4 is 5.82 Å². The molecule has 1 aromatic heterocycles. The summed E-state index contributed by atoms with van der Waals surface area (Å²) in [4.78, 5) is 4.50. The second-order valence-corrected chi connectivity index (χ2v) is 5.18. The van der Waals surface area contributed by atoms with E-state index in [-0.39, 0.29) is 0 Å². The smallest absolute Gasteiger partial charge is 0.123 e. The highest BCUT2D eigenvalue weighted by molar-refractivity contribution is 5.30. The minimum Gasteiger partial charge on any atom is -0.384 e. The van der Waals surface area contributed by atoms with Crippen LogP contribution in [-0.4, -0.2) is 4.98 Å². The Morgan fingerprint density at radius 3 is 2.39 bits per heavy atom. The van der Waals surface area contributed by atoms with Crippen molar-refractivity contribution < 1.29 is 0 Å². The lowest BCUT2D eigenvalue weighted by atomic mass is 9.92. The van der Waals surface area contributed by atoms with Crippen LogP contribution < -0.4 is 5.73 Å². The van der Waals surface area contributed by atoms with Crippen LogP contribution in [0.25, 0.3) is 0 Å². The average molecular weight is 248 g/mol. The largest absolute Gasteiger partial charge is 0.384 e. The van der Waals surface area contributed by atoms with E-state index >= 15 is 0 Å². The number of nitrogen functional groups attached to an aromatic ring is 1. The van der Waals surface area contributed by atoms with Crippen molar-refractivity contribution in [3.63, 3.8) is 0 Å².